The second kappa shape index (κ2) is 10.5. The molecule has 0 aliphatic carbocycles. The van der Waals surface area contributed by atoms with Gasteiger partial charge in [-0.3, -0.25) is 4.90 Å². The minimum Gasteiger partial charge on any atom is -0.478 e. The van der Waals surface area contributed by atoms with Crippen molar-refractivity contribution in [1.29, 1.82) is 5.26 Å². The number of nitriles is 1. The van der Waals surface area contributed by atoms with Crippen molar-refractivity contribution in [3.8, 4) is 11.9 Å². The molecule has 2 aromatic heterocycles. The number of carbonyl (C=O) groups is 1. The monoisotopic (exact) mass is 514 g/mol. The summed E-state index contributed by atoms with van der Waals surface area (Å²) in [6.45, 7) is 2.37. The van der Waals surface area contributed by atoms with Crippen LogP contribution in [0.15, 0.2) is 48.5 Å². The Labute approximate surface area is 218 Å². The molecule has 1 aliphatic heterocycles. The lowest BCUT2D eigenvalue weighted by molar-refractivity contribution is 0.0697. The molecule has 3 heterocycles. The number of piperidine rings is 1. The Balaban J connectivity index is 1.21. The number of pyridine rings is 1. The van der Waals surface area contributed by atoms with E-state index in [0.29, 0.717) is 34.7 Å². The number of halogens is 1. The summed E-state index contributed by atoms with van der Waals surface area (Å²) >= 11 is 0. The first kappa shape index (κ1) is 25.2. The number of nitrogen functional groups attached to an aromatic ring is 1. The average Bonchev–Trinajstić information content (AvgIpc) is 3.24. The number of hydrogen-bond donors (Lipinski definition) is 2. The molecule has 0 amide bonds. The molecule has 0 bridgehead atoms. The van der Waals surface area contributed by atoms with E-state index in [9.17, 15) is 14.3 Å². The van der Waals surface area contributed by atoms with Gasteiger partial charge < -0.3 is 20.1 Å². The molecular formula is C28H27FN6O3. The molecule has 194 valence electrons. The lowest BCUT2D eigenvalue weighted by Crippen LogP contribution is -2.33. The predicted octanol–water partition coefficient (Wildman–Crippen LogP) is 4.22. The summed E-state index contributed by atoms with van der Waals surface area (Å²) < 4.78 is 21.8. The first-order valence-electron chi connectivity index (χ1n) is 12.3. The standard InChI is InChI=1S/C28H27FN6O3/c1-34-24-13-20(28(36)37)12-22(31)27(24)33-25(34)15-35-9-7-18(8-10-35)23-3-2-4-26(32-23)38-16-19-6-5-17(14-30)11-21(19)29/h2-6,11-13,18H,7-10,15-16,31H2,1H3,(H,36,37). The highest BCUT2D eigenvalue weighted by molar-refractivity contribution is 5.97. The van der Waals surface area contributed by atoms with Crippen LogP contribution in [0.1, 0.15) is 51.8 Å². The van der Waals surface area contributed by atoms with Crippen LogP contribution in [0.4, 0.5) is 10.1 Å². The van der Waals surface area contributed by atoms with E-state index >= 15 is 0 Å². The molecule has 0 saturated carbocycles. The maximum atomic E-state index is 14.2. The summed E-state index contributed by atoms with van der Waals surface area (Å²) in [5, 5.41) is 18.2. The minimum absolute atomic E-state index is 0.0307. The Morgan fingerprint density at radius 2 is 2.00 bits per heavy atom. The average molecular weight is 515 g/mol. The van der Waals surface area contributed by atoms with Crippen molar-refractivity contribution in [3.63, 3.8) is 0 Å². The van der Waals surface area contributed by atoms with Gasteiger partial charge in [-0.1, -0.05) is 12.1 Å². The highest BCUT2D eigenvalue weighted by Crippen LogP contribution is 2.30. The van der Waals surface area contributed by atoms with Gasteiger partial charge in [-0.2, -0.15) is 5.26 Å². The normalized spacial score (nSPS) is 14.4. The molecular weight excluding hydrogens is 487 g/mol. The Morgan fingerprint density at radius 3 is 2.71 bits per heavy atom. The molecule has 0 atom stereocenters. The van der Waals surface area contributed by atoms with Crippen molar-refractivity contribution < 1.29 is 19.0 Å². The molecule has 10 heteroatoms. The van der Waals surface area contributed by atoms with E-state index in [1.54, 1.807) is 24.3 Å². The van der Waals surface area contributed by atoms with Crippen LogP contribution in [0.25, 0.3) is 11.0 Å². The number of rotatable bonds is 7. The van der Waals surface area contributed by atoms with Crippen LogP contribution in [0.3, 0.4) is 0 Å². The van der Waals surface area contributed by atoms with Crippen LogP contribution < -0.4 is 10.5 Å². The van der Waals surface area contributed by atoms with Gasteiger partial charge in [0, 0.05) is 30.3 Å². The number of carboxylic acid groups (broad SMARTS) is 1. The van der Waals surface area contributed by atoms with Crippen molar-refractivity contribution >= 4 is 22.7 Å². The zero-order chi connectivity index (χ0) is 26.8. The van der Waals surface area contributed by atoms with Gasteiger partial charge in [0.2, 0.25) is 5.88 Å². The van der Waals surface area contributed by atoms with Crippen LogP contribution in [0.2, 0.25) is 0 Å². The number of aryl methyl sites for hydroxylation is 1. The lowest BCUT2D eigenvalue weighted by atomic mass is 9.93. The van der Waals surface area contributed by atoms with E-state index in [4.69, 9.17) is 15.7 Å². The van der Waals surface area contributed by atoms with Gasteiger partial charge in [-0.25, -0.2) is 19.2 Å². The second-order valence-corrected chi connectivity index (χ2v) is 9.48. The fourth-order valence-corrected chi connectivity index (χ4v) is 4.84. The number of hydrogen-bond acceptors (Lipinski definition) is 7. The number of aromatic nitrogens is 3. The van der Waals surface area contributed by atoms with Crippen LogP contribution in [-0.2, 0) is 20.2 Å². The molecule has 0 unspecified atom stereocenters. The first-order chi connectivity index (χ1) is 18.3. The number of ether oxygens (including phenoxy) is 1. The van der Waals surface area contributed by atoms with E-state index in [1.165, 1.54) is 12.1 Å². The molecule has 1 fully saturated rings. The highest BCUT2D eigenvalue weighted by atomic mass is 19.1. The van der Waals surface area contributed by atoms with Gasteiger partial charge in [0.15, 0.2) is 0 Å². The van der Waals surface area contributed by atoms with E-state index in [0.717, 1.165) is 37.4 Å². The van der Waals surface area contributed by atoms with Gasteiger partial charge in [0.25, 0.3) is 0 Å². The lowest BCUT2D eigenvalue weighted by Gasteiger charge is -2.31. The first-order valence-corrected chi connectivity index (χ1v) is 12.3. The van der Waals surface area contributed by atoms with E-state index in [2.05, 4.69) is 14.9 Å². The number of carboxylic acids is 1. The van der Waals surface area contributed by atoms with E-state index in [1.807, 2.05) is 29.8 Å². The van der Waals surface area contributed by atoms with E-state index < -0.39 is 11.8 Å². The zero-order valence-electron chi connectivity index (χ0n) is 20.9. The molecule has 2 aromatic carbocycles. The molecule has 1 aliphatic rings. The van der Waals surface area contributed by atoms with Crippen LogP contribution >= 0.6 is 0 Å². The third-order valence-corrected chi connectivity index (χ3v) is 7.03. The van der Waals surface area contributed by atoms with Gasteiger partial charge in [0.05, 0.1) is 34.9 Å². The van der Waals surface area contributed by atoms with Gasteiger partial charge >= 0.3 is 5.97 Å². The number of aromatic carboxylic acids is 1. The number of benzene rings is 2. The number of nitrogens with two attached hydrogens (primary N) is 1. The largest absolute Gasteiger partial charge is 0.478 e. The number of fused-ring (bicyclic) bond motifs is 1. The number of anilines is 1. The Morgan fingerprint density at radius 1 is 1.21 bits per heavy atom. The number of likely N-dealkylation sites (tertiary alicyclic amines) is 1. The summed E-state index contributed by atoms with van der Waals surface area (Å²) in [5.74, 6) is 0.0460. The van der Waals surface area contributed by atoms with Crippen LogP contribution in [0, 0.1) is 17.1 Å². The fraction of sp³-hybridized carbons (Fsp3) is 0.286. The number of nitrogens with zero attached hydrogens (tertiary/aromatic N) is 5. The maximum Gasteiger partial charge on any atom is 0.335 e. The quantitative estimate of drug-likeness (QED) is 0.351. The van der Waals surface area contributed by atoms with Gasteiger partial charge in [0.1, 0.15) is 23.8 Å². The van der Waals surface area contributed by atoms with Crippen molar-refractivity contribution in [2.45, 2.75) is 31.9 Å². The van der Waals surface area contributed by atoms with Crippen molar-refractivity contribution in [1.82, 2.24) is 19.4 Å². The summed E-state index contributed by atoms with van der Waals surface area (Å²) in [5.41, 5.74) is 9.48. The van der Waals surface area contributed by atoms with Crippen molar-refractivity contribution in [3.05, 3.63) is 82.6 Å². The third kappa shape index (κ3) is 5.14. The van der Waals surface area contributed by atoms with Crippen LogP contribution in [0.5, 0.6) is 5.88 Å². The summed E-state index contributed by atoms with van der Waals surface area (Å²) in [6.07, 6.45) is 1.83. The predicted molar refractivity (Wildman–Crippen MR) is 139 cm³/mol. The third-order valence-electron chi connectivity index (χ3n) is 7.03. The molecule has 5 rings (SSSR count). The topological polar surface area (TPSA) is 130 Å². The van der Waals surface area contributed by atoms with E-state index in [-0.39, 0.29) is 23.7 Å². The summed E-state index contributed by atoms with van der Waals surface area (Å²) in [6, 6.07) is 14.9. The Bertz CT molecular complexity index is 1550. The molecule has 38 heavy (non-hydrogen) atoms. The van der Waals surface area contributed by atoms with Crippen molar-refractivity contribution in [2.24, 2.45) is 7.05 Å². The summed E-state index contributed by atoms with van der Waals surface area (Å²) in [4.78, 5) is 23.1. The zero-order valence-corrected chi connectivity index (χ0v) is 20.9. The van der Waals surface area contributed by atoms with Crippen molar-refractivity contribution in [2.75, 3.05) is 18.8 Å². The smallest absolute Gasteiger partial charge is 0.335 e. The molecule has 4 aromatic rings. The highest BCUT2D eigenvalue weighted by Gasteiger charge is 2.24. The molecule has 0 spiro atoms. The fourth-order valence-electron chi connectivity index (χ4n) is 4.84. The summed E-state index contributed by atoms with van der Waals surface area (Å²) in [7, 11) is 1.88. The minimum atomic E-state index is -1.02. The molecule has 0 radical (unpaired) electrons. The Hall–Kier alpha value is -4.49. The molecule has 3 N–H and O–H groups in total. The van der Waals surface area contributed by atoms with Gasteiger partial charge in [-0.15, -0.1) is 0 Å². The molecule has 9 nitrogen and oxygen atoms in total. The molecule has 1 saturated heterocycles. The van der Waals surface area contributed by atoms with Gasteiger partial charge in [-0.05, 0) is 56.3 Å². The maximum absolute atomic E-state index is 14.2. The van der Waals surface area contributed by atoms with Crippen LogP contribution in [-0.4, -0.2) is 43.6 Å². The Kier molecular flexibility index (Phi) is 6.94. The second-order valence-electron chi connectivity index (χ2n) is 9.48. The number of imidazole rings is 1. The SMILES string of the molecule is Cn1c(CN2CCC(c3cccc(OCc4ccc(C#N)cc4F)n3)CC2)nc2c(N)cc(C(=O)O)cc21.